The number of hydrogen-bond donors (Lipinski definition) is 0. The van der Waals surface area contributed by atoms with Crippen molar-refractivity contribution in [2.75, 3.05) is 13.2 Å². The highest BCUT2D eigenvalue weighted by molar-refractivity contribution is 7.98. The molecule has 3 aliphatic rings. The van der Waals surface area contributed by atoms with Crippen molar-refractivity contribution < 1.29 is 9.47 Å². The van der Waals surface area contributed by atoms with Crippen molar-refractivity contribution in [3.8, 4) is 0 Å². The monoisotopic (exact) mass is 319 g/mol. The third-order valence-electron chi connectivity index (χ3n) is 5.41. The number of hydrogen-bond acceptors (Lipinski definition) is 2. The zero-order valence-electron chi connectivity index (χ0n) is 13.9. The van der Waals surface area contributed by atoms with Gasteiger partial charge < -0.3 is 9.47 Å². The largest absolute Gasteiger partial charge is 0.347 e. The van der Waals surface area contributed by atoms with E-state index in [9.17, 15) is 0 Å². The van der Waals surface area contributed by atoms with Gasteiger partial charge in [-0.05, 0) is 23.1 Å². The second kappa shape index (κ2) is 5.25. The van der Waals surface area contributed by atoms with Crippen LogP contribution in [0.25, 0.3) is 0 Å². The molecule has 2 atom stereocenters. The predicted molar refractivity (Wildman–Crippen MR) is 91.5 cm³/mol. The molecule has 0 aliphatic carbocycles. The van der Waals surface area contributed by atoms with Gasteiger partial charge in [0.05, 0.1) is 13.2 Å². The van der Waals surface area contributed by atoms with Gasteiger partial charge in [0, 0.05) is 36.6 Å². The van der Waals surface area contributed by atoms with Crippen molar-refractivity contribution in [2.45, 2.75) is 73.1 Å². The van der Waals surface area contributed by atoms with Crippen LogP contribution in [-0.4, -0.2) is 29.5 Å². The molecule has 1 spiro atoms. The van der Waals surface area contributed by atoms with E-state index in [1.165, 1.54) is 18.4 Å². The smallest absolute Gasteiger partial charge is 0.178 e. The molecule has 1 aromatic rings. The molecule has 3 saturated heterocycles. The molecule has 0 N–H and O–H groups in total. The minimum atomic E-state index is -0.222. The molecule has 0 amide bonds. The SMILES string of the molecule is CC(C)(C)c1ccc([S+]2C3CCC2CC2(C3)OCCO2)cc1. The quantitative estimate of drug-likeness (QED) is 0.728. The summed E-state index contributed by atoms with van der Waals surface area (Å²) in [5, 5.41) is 1.52. The molecule has 1 aromatic carbocycles. The van der Waals surface area contributed by atoms with Gasteiger partial charge in [0.1, 0.15) is 10.5 Å². The number of ether oxygens (including phenoxy) is 2. The summed E-state index contributed by atoms with van der Waals surface area (Å²) in [5.74, 6) is -0.222. The van der Waals surface area contributed by atoms with E-state index in [1.807, 2.05) is 0 Å². The van der Waals surface area contributed by atoms with E-state index < -0.39 is 0 Å². The number of benzene rings is 1. The van der Waals surface area contributed by atoms with Crippen LogP contribution in [0.5, 0.6) is 0 Å². The molecule has 3 fully saturated rings. The maximum absolute atomic E-state index is 5.99. The van der Waals surface area contributed by atoms with Gasteiger partial charge in [0.15, 0.2) is 10.7 Å². The molecule has 0 aromatic heterocycles. The normalized spacial score (nSPS) is 33.5. The molecule has 0 saturated carbocycles. The van der Waals surface area contributed by atoms with Crippen LogP contribution in [0.1, 0.15) is 52.0 Å². The molecule has 2 unspecified atom stereocenters. The second-order valence-corrected chi connectivity index (χ2v) is 10.5. The average Bonchev–Trinajstić information content (AvgIpc) is 3.02. The van der Waals surface area contributed by atoms with Crippen LogP contribution in [0.3, 0.4) is 0 Å². The van der Waals surface area contributed by atoms with Gasteiger partial charge in [-0.1, -0.05) is 32.9 Å². The Hall–Kier alpha value is -0.510. The summed E-state index contributed by atoms with van der Waals surface area (Å²) in [4.78, 5) is 1.56. The van der Waals surface area contributed by atoms with Gasteiger partial charge >= 0.3 is 0 Å². The highest BCUT2D eigenvalue weighted by Gasteiger charge is 2.59. The van der Waals surface area contributed by atoms with Crippen LogP contribution in [0.15, 0.2) is 29.2 Å². The first-order valence-electron chi connectivity index (χ1n) is 8.57. The minimum absolute atomic E-state index is 0.222. The first-order chi connectivity index (χ1) is 10.5. The van der Waals surface area contributed by atoms with Crippen molar-refractivity contribution in [1.82, 2.24) is 0 Å². The molecular formula is C19H27O2S+. The fourth-order valence-corrected chi connectivity index (χ4v) is 7.70. The van der Waals surface area contributed by atoms with Crippen LogP contribution in [0.4, 0.5) is 0 Å². The summed E-state index contributed by atoms with van der Waals surface area (Å²) in [7, 11) is 0.396. The van der Waals surface area contributed by atoms with E-state index >= 15 is 0 Å². The Kier molecular flexibility index (Phi) is 3.59. The molecule has 3 aliphatic heterocycles. The summed E-state index contributed by atoms with van der Waals surface area (Å²) in [6.07, 6.45) is 4.91. The standard InChI is InChI=1S/C19H27O2S/c1-18(2,3)14-4-6-15(7-5-14)22-16-8-9-17(22)13-19(12-16)20-10-11-21-19/h4-7,16-17H,8-13H2,1-3H3/q+1. The van der Waals surface area contributed by atoms with Crippen LogP contribution in [0.2, 0.25) is 0 Å². The summed E-state index contributed by atoms with van der Waals surface area (Å²) in [6, 6.07) is 9.47. The highest BCUT2D eigenvalue weighted by atomic mass is 32.2. The van der Waals surface area contributed by atoms with E-state index in [4.69, 9.17) is 9.47 Å². The van der Waals surface area contributed by atoms with Crippen LogP contribution >= 0.6 is 0 Å². The topological polar surface area (TPSA) is 18.5 Å². The van der Waals surface area contributed by atoms with Crippen molar-refractivity contribution in [1.29, 1.82) is 0 Å². The lowest BCUT2D eigenvalue weighted by Crippen LogP contribution is -2.45. The molecule has 2 bridgehead atoms. The fraction of sp³-hybridized carbons (Fsp3) is 0.684. The predicted octanol–water partition coefficient (Wildman–Crippen LogP) is 4.03. The van der Waals surface area contributed by atoms with Crippen molar-refractivity contribution in [2.24, 2.45) is 0 Å². The zero-order chi connectivity index (χ0) is 15.4. The third-order valence-corrected chi connectivity index (χ3v) is 8.47. The first kappa shape index (κ1) is 15.0. The zero-order valence-corrected chi connectivity index (χ0v) is 14.7. The average molecular weight is 319 g/mol. The molecule has 2 nitrogen and oxygen atoms in total. The third kappa shape index (κ3) is 2.51. The summed E-state index contributed by atoms with van der Waals surface area (Å²) < 4.78 is 12.0. The summed E-state index contributed by atoms with van der Waals surface area (Å²) in [6.45, 7) is 8.42. The maximum Gasteiger partial charge on any atom is 0.178 e. The lowest BCUT2D eigenvalue weighted by molar-refractivity contribution is -0.166. The maximum atomic E-state index is 5.99. The van der Waals surface area contributed by atoms with E-state index in [2.05, 4.69) is 45.0 Å². The van der Waals surface area contributed by atoms with Crippen LogP contribution in [-0.2, 0) is 25.8 Å². The molecule has 3 heterocycles. The molecule has 4 rings (SSSR count). The van der Waals surface area contributed by atoms with E-state index in [0.717, 1.165) is 36.6 Å². The Morgan fingerprint density at radius 3 is 2.00 bits per heavy atom. The van der Waals surface area contributed by atoms with Crippen LogP contribution < -0.4 is 0 Å². The van der Waals surface area contributed by atoms with E-state index in [-0.39, 0.29) is 11.2 Å². The van der Waals surface area contributed by atoms with Crippen molar-refractivity contribution >= 4 is 10.9 Å². The van der Waals surface area contributed by atoms with Gasteiger partial charge in [-0.2, -0.15) is 0 Å². The van der Waals surface area contributed by atoms with E-state index in [1.54, 1.807) is 4.90 Å². The first-order valence-corrected chi connectivity index (χ1v) is 9.92. The molecular weight excluding hydrogens is 292 g/mol. The number of rotatable bonds is 1. The lowest BCUT2D eigenvalue weighted by Gasteiger charge is -2.35. The fourth-order valence-electron chi connectivity index (χ4n) is 4.29. The van der Waals surface area contributed by atoms with Gasteiger partial charge in [0.25, 0.3) is 0 Å². The molecule has 22 heavy (non-hydrogen) atoms. The summed E-state index contributed by atoms with van der Waals surface area (Å²) in [5.41, 5.74) is 1.67. The highest BCUT2D eigenvalue weighted by Crippen LogP contribution is 2.50. The Labute approximate surface area is 136 Å². The minimum Gasteiger partial charge on any atom is -0.347 e. The van der Waals surface area contributed by atoms with Gasteiger partial charge in [-0.25, -0.2) is 0 Å². The summed E-state index contributed by atoms with van der Waals surface area (Å²) >= 11 is 0. The molecule has 120 valence electrons. The Morgan fingerprint density at radius 2 is 1.50 bits per heavy atom. The lowest BCUT2D eigenvalue weighted by atomic mass is 9.87. The van der Waals surface area contributed by atoms with Crippen molar-refractivity contribution in [3.05, 3.63) is 29.8 Å². The van der Waals surface area contributed by atoms with Crippen molar-refractivity contribution in [3.63, 3.8) is 0 Å². The second-order valence-electron chi connectivity index (χ2n) is 7.98. The van der Waals surface area contributed by atoms with Crippen LogP contribution in [0, 0.1) is 0 Å². The van der Waals surface area contributed by atoms with Gasteiger partial charge in [-0.15, -0.1) is 0 Å². The van der Waals surface area contributed by atoms with E-state index in [0.29, 0.717) is 10.9 Å². The number of fused-ring (bicyclic) bond motifs is 2. The Morgan fingerprint density at radius 1 is 0.955 bits per heavy atom. The van der Waals surface area contributed by atoms with Gasteiger partial charge in [-0.3, -0.25) is 0 Å². The Bertz CT molecular complexity index is 524. The molecule has 3 heteroatoms. The molecule has 0 radical (unpaired) electrons. The van der Waals surface area contributed by atoms with Gasteiger partial charge in [0.2, 0.25) is 0 Å². The Balaban J connectivity index is 1.57.